The smallest absolute Gasteiger partial charge is 0.223 e. The Bertz CT molecular complexity index is 255. The van der Waals surface area contributed by atoms with Crippen LogP contribution in [-0.2, 0) is 4.74 Å². The number of anilines is 1. The third-order valence-electron chi connectivity index (χ3n) is 1.23. The Hall–Kier alpha value is -1.27. The number of hydrogen-bond acceptors (Lipinski definition) is 6. The van der Waals surface area contributed by atoms with E-state index in [9.17, 15) is 5.11 Å². The van der Waals surface area contributed by atoms with E-state index >= 15 is 0 Å². The van der Waals surface area contributed by atoms with Gasteiger partial charge in [-0.05, 0) is 0 Å². The molecule has 0 fully saturated rings. The number of nitrogens with two attached hydrogens (primary N) is 1. The summed E-state index contributed by atoms with van der Waals surface area (Å²) in [6.45, 7) is 0.142. The number of aliphatic hydroxyl groups excluding tert-OH is 1. The zero-order valence-electron chi connectivity index (χ0n) is 6.64. The van der Waals surface area contributed by atoms with Gasteiger partial charge in [0.25, 0.3) is 0 Å². The molecular weight excluding hydrogens is 160 g/mol. The summed E-state index contributed by atoms with van der Waals surface area (Å²) in [6.07, 6.45) is 0.400. The van der Waals surface area contributed by atoms with E-state index in [0.29, 0.717) is 0 Å². The van der Waals surface area contributed by atoms with Crippen molar-refractivity contribution in [1.29, 1.82) is 0 Å². The highest BCUT2D eigenvalue weighted by Crippen LogP contribution is 2.06. The second-order valence-electron chi connectivity index (χ2n) is 2.17. The molecule has 0 saturated carbocycles. The van der Waals surface area contributed by atoms with Crippen molar-refractivity contribution in [2.45, 2.75) is 6.10 Å². The van der Waals surface area contributed by atoms with Gasteiger partial charge in [0.05, 0.1) is 6.61 Å². The zero-order chi connectivity index (χ0) is 8.97. The SMILES string of the molecule is COCC(O)c1ncnc(N)n1. The van der Waals surface area contributed by atoms with Crippen molar-refractivity contribution in [2.75, 3.05) is 19.5 Å². The van der Waals surface area contributed by atoms with Crippen LogP contribution in [0.15, 0.2) is 6.33 Å². The Labute approximate surface area is 69.4 Å². The minimum absolute atomic E-state index is 0.0927. The summed E-state index contributed by atoms with van der Waals surface area (Å²) in [5.41, 5.74) is 5.28. The van der Waals surface area contributed by atoms with Gasteiger partial charge in [0, 0.05) is 7.11 Å². The third kappa shape index (κ3) is 2.11. The lowest BCUT2D eigenvalue weighted by molar-refractivity contribution is 0.0587. The molecule has 0 aliphatic rings. The first-order valence-corrected chi connectivity index (χ1v) is 3.35. The van der Waals surface area contributed by atoms with Crippen molar-refractivity contribution in [2.24, 2.45) is 0 Å². The van der Waals surface area contributed by atoms with Crippen molar-refractivity contribution >= 4 is 5.95 Å². The van der Waals surface area contributed by atoms with E-state index in [1.807, 2.05) is 0 Å². The number of rotatable bonds is 3. The summed E-state index contributed by atoms with van der Waals surface area (Å²) in [6, 6.07) is 0. The van der Waals surface area contributed by atoms with Crippen LogP contribution in [0.25, 0.3) is 0 Å². The lowest BCUT2D eigenvalue weighted by Gasteiger charge is -2.06. The van der Waals surface area contributed by atoms with Crippen molar-refractivity contribution in [3.05, 3.63) is 12.2 Å². The minimum atomic E-state index is -0.847. The van der Waals surface area contributed by atoms with Gasteiger partial charge in [0.1, 0.15) is 12.4 Å². The monoisotopic (exact) mass is 170 g/mol. The maximum absolute atomic E-state index is 9.31. The number of aliphatic hydroxyl groups is 1. The predicted octanol–water partition coefficient (Wildman–Crippen LogP) is -0.866. The molecule has 1 atom stereocenters. The first-order chi connectivity index (χ1) is 5.74. The van der Waals surface area contributed by atoms with Crippen LogP contribution in [0.5, 0.6) is 0 Å². The Morgan fingerprint density at radius 2 is 2.42 bits per heavy atom. The molecule has 0 amide bonds. The maximum Gasteiger partial charge on any atom is 0.223 e. The highest BCUT2D eigenvalue weighted by molar-refractivity contribution is 5.13. The largest absolute Gasteiger partial charge is 0.383 e. The van der Waals surface area contributed by atoms with Gasteiger partial charge in [-0.3, -0.25) is 0 Å². The first-order valence-electron chi connectivity index (χ1n) is 3.35. The number of aromatic nitrogens is 3. The van der Waals surface area contributed by atoms with E-state index < -0.39 is 6.10 Å². The second kappa shape index (κ2) is 3.93. The molecule has 1 aromatic heterocycles. The summed E-state index contributed by atoms with van der Waals surface area (Å²) in [5.74, 6) is 0.319. The van der Waals surface area contributed by atoms with Crippen LogP contribution in [0.2, 0.25) is 0 Å². The molecule has 0 aromatic carbocycles. The van der Waals surface area contributed by atoms with Crippen LogP contribution in [0.1, 0.15) is 11.9 Å². The average Bonchev–Trinajstić information content (AvgIpc) is 2.05. The fourth-order valence-electron chi connectivity index (χ4n) is 0.715. The standard InChI is InChI=1S/C6H10N4O2/c1-12-2-4(11)5-8-3-9-6(7)10-5/h3-4,11H,2H2,1H3,(H2,7,8,9,10). The number of hydrogen-bond donors (Lipinski definition) is 2. The molecule has 0 saturated heterocycles. The molecule has 0 aliphatic heterocycles. The maximum atomic E-state index is 9.31. The van der Waals surface area contributed by atoms with Gasteiger partial charge in [-0.1, -0.05) is 0 Å². The van der Waals surface area contributed by atoms with E-state index in [1.54, 1.807) is 0 Å². The summed E-state index contributed by atoms with van der Waals surface area (Å²) in [4.78, 5) is 11.0. The summed E-state index contributed by atoms with van der Waals surface area (Å²) in [7, 11) is 1.48. The average molecular weight is 170 g/mol. The molecule has 3 N–H and O–H groups in total. The molecule has 1 unspecified atom stereocenters. The van der Waals surface area contributed by atoms with Crippen molar-refractivity contribution in [3.63, 3.8) is 0 Å². The molecular formula is C6H10N4O2. The molecule has 1 aromatic rings. The zero-order valence-corrected chi connectivity index (χ0v) is 6.64. The van der Waals surface area contributed by atoms with Gasteiger partial charge >= 0.3 is 0 Å². The molecule has 0 radical (unpaired) electrons. The number of nitrogen functional groups attached to an aromatic ring is 1. The summed E-state index contributed by atoms with van der Waals surface area (Å²) >= 11 is 0. The molecule has 6 nitrogen and oxygen atoms in total. The van der Waals surface area contributed by atoms with Crippen LogP contribution < -0.4 is 5.73 Å². The van der Waals surface area contributed by atoms with Crippen LogP contribution in [0, 0.1) is 0 Å². The second-order valence-corrected chi connectivity index (χ2v) is 2.17. The lowest BCUT2D eigenvalue weighted by Crippen LogP contribution is -2.11. The number of methoxy groups -OCH3 is 1. The summed E-state index contributed by atoms with van der Waals surface area (Å²) < 4.78 is 4.71. The van der Waals surface area contributed by atoms with E-state index in [4.69, 9.17) is 10.5 Å². The molecule has 0 aliphatic carbocycles. The Morgan fingerprint density at radius 3 is 3.00 bits per heavy atom. The van der Waals surface area contributed by atoms with Gasteiger partial charge in [-0.15, -0.1) is 0 Å². The van der Waals surface area contributed by atoms with Gasteiger partial charge in [0.2, 0.25) is 5.95 Å². The van der Waals surface area contributed by atoms with Gasteiger partial charge in [0.15, 0.2) is 5.82 Å². The van der Waals surface area contributed by atoms with Gasteiger partial charge in [-0.25, -0.2) is 9.97 Å². The van der Waals surface area contributed by atoms with E-state index in [-0.39, 0.29) is 18.4 Å². The highest BCUT2D eigenvalue weighted by Gasteiger charge is 2.10. The fraction of sp³-hybridized carbons (Fsp3) is 0.500. The van der Waals surface area contributed by atoms with Crippen molar-refractivity contribution in [3.8, 4) is 0 Å². The third-order valence-corrected chi connectivity index (χ3v) is 1.23. The first kappa shape index (κ1) is 8.82. The molecule has 0 spiro atoms. The Balaban J connectivity index is 2.73. The van der Waals surface area contributed by atoms with E-state index in [0.717, 1.165) is 0 Å². The summed E-state index contributed by atoms with van der Waals surface area (Å²) in [5, 5.41) is 9.31. The van der Waals surface area contributed by atoms with Crippen LogP contribution in [0.4, 0.5) is 5.95 Å². The lowest BCUT2D eigenvalue weighted by atomic mass is 10.3. The Kier molecular flexibility index (Phi) is 2.89. The van der Waals surface area contributed by atoms with Crippen molar-refractivity contribution < 1.29 is 9.84 Å². The molecule has 12 heavy (non-hydrogen) atoms. The number of nitrogens with zero attached hydrogens (tertiary/aromatic N) is 3. The van der Waals surface area contributed by atoms with E-state index in [2.05, 4.69) is 15.0 Å². The molecule has 0 bridgehead atoms. The topological polar surface area (TPSA) is 94.2 Å². The normalized spacial score (nSPS) is 12.8. The molecule has 1 heterocycles. The fourth-order valence-corrected chi connectivity index (χ4v) is 0.715. The number of ether oxygens (including phenoxy) is 1. The van der Waals surface area contributed by atoms with E-state index in [1.165, 1.54) is 13.4 Å². The molecule has 66 valence electrons. The van der Waals surface area contributed by atoms with Crippen LogP contribution in [-0.4, -0.2) is 33.8 Å². The van der Waals surface area contributed by atoms with Crippen LogP contribution >= 0.6 is 0 Å². The van der Waals surface area contributed by atoms with Gasteiger partial charge < -0.3 is 15.6 Å². The minimum Gasteiger partial charge on any atom is -0.383 e. The van der Waals surface area contributed by atoms with Gasteiger partial charge in [-0.2, -0.15) is 4.98 Å². The van der Waals surface area contributed by atoms with Crippen molar-refractivity contribution in [1.82, 2.24) is 15.0 Å². The predicted molar refractivity (Wildman–Crippen MR) is 41.1 cm³/mol. The molecule has 1 rings (SSSR count). The quantitative estimate of drug-likeness (QED) is 0.612. The molecule has 6 heteroatoms. The Morgan fingerprint density at radius 1 is 1.67 bits per heavy atom. The highest BCUT2D eigenvalue weighted by atomic mass is 16.5. The van der Waals surface area contributed by atoms with Crippen LogP contribution in [0.3, 0.4) is 0 Å².